The average molecular weight is 923 g/mol. The molecule has 3 aromatic rings. The van der Waals surface area contributed by atoms with Gasteiger partial charge < -0.3 is 45.2 Å². The minimum absolute atomic E-state index is 0.0548. The minimum atomic E-state index is -5.79. The van der Waals surface area contributed by atoms with Crippen molar-refractivity contribution in [3.05, 3.63) is 86.2 Å². The second-order valence-corrected chi connectivity index (χ2v) is 20.7. The van der Waals surface area contributed by atoms with Gasteiger partial charge >= 0.3 is 29.2 Å². The molecule has 1 aliphatic rings. The van der Waals surface area contributed by atoms with Crippen LogP contribution in [0.4, 0.5) is 11.4 Å². The number of aromatic hydroxyl groups is 1. The van der Waals surface area contributed by atoms with Crippen molar-refractivity contribution in [1.29, 1.82) is 0 Å². The summed E-state index contributed by atoms with van der Waals surface area (Å²) in [5.41, 5.74) is 5.46. The molecule has 322 valence electrons. The van der Waals surface area contributed by atoms with E-state index in [1.807, 2.05) is 20.8 Å². The molecule has 1 aromatic heterocycles. The topological polar surface area (TPSA) is 333 Å². The Morgan fingerprint density at radius 3 is 2.44 bits per heavy atom. The molecule has 2 heterocycles. The van der Waals surface area contributed by atoms with Crippen molar-refractivity contribution in [3.63, 3.8) is 0 Å². The van der Waals surface area contributed by atoms with E-state index in [0.29, 0.717) is 18.7 Å². The van der Waals surface area contributed by atoms with Crippen LogP contribution in [0.25, 0.3) is 0 Å². The predicted octanol–water partition coefficient (Wildman–Crippen LogP) is 4.09. The fourth-order valence-corrected chi connectivity index (χ4v) is 9.93. The van der Waals surface area contributed by atoms with Gasteiger partial charge in [0, 0.05) is 22.9 Å². The first kappa shape index (κ1) is 48.2. The predicted molar refractivity (Wildman–Crippen MR) is 215 cm³/mol. The van der Waals surface area contributed by atoms with Gasteiger partial charge in [-0.15, -0.1) is 5.11 Å². The monoisotopic (exact) mass is 922 g/mol. The van der Waals surface area contributed by atoms with E-state index in [0.717, 1.165) is 16.3 Å². The van der Waals surface area contributed by atoms with E-state index in [1.165, 1.54) is 39.8 Å². The molecule has 27 heteroatoms. The number of phenolic OH excluding ortho intramolecular Hbond substituents is 1. The highest BCUT2D eigenvalue weighted by Gasteiger charge is 2.43. The molecule has 5 atom stereocenters. The van der Waals surface area contributed by atoms with Crippen LogP contribution in [0.5, 0.6) is 5.75 Å². The smallest absolute Gasteiger partial charge is 0.490 e. The molecular formula is C32H41N6O16P3S2. The number of ether oxygens (including phenoxy) is 2. The number of nitrogens with zero attached hydrogens (tertiary/aromatic N) is 3. The van der Waals surface area contributed by atoms with E-state index in [9.17, 15) is 43.0 Å². The number of hydrogen-bond donors (Lipinski definition) is 8. The Bertz CT molecular complexity index is 2320. The second kappa shape index (κ2) is 20.9. The van der Waals surface area contributed by atoms with Crippen molar-refractivity contribution in [3.8, 4) is 17.6 Å². The Morgan fingerprint density at radius 1 is 1.07 bits per heavy atom. The lowest BCUT2D eigenvalue weighted by Gasteiger charge is -2.22. The molecule has 22 nitrogen and oxygen atoms in total. The lowest BCUT2D eigenvalue weighted by Crippen LogP contribution is -2.34. The Kier molecular flexibility index (Phi) is 17.1. The first-order chi connectivity index (χ1) is 27.5. The number of aromatic nitrogens is 2. The lowest BCUT2D eigenvalue weighted by atomic mass is 10.1. The summed E-state index contributed by atoms with van der Waals surface area (Å²) in [7, 11) is -14.1. The third-order valence-electron chi connectivity index (χ3n) is 7.35. The molecule has 1 amide bonds. The van der Waals surface area contributed by atoms with Gasteiger partial charge in [-0.2, -0.15) is 13.7 Å². The number of hydrogen-bond acceptors (Lipinski definition) is 17. The number of benzene rings is 2. The van der Waals surface area contributed by atoms with Gasteiger partial charge in [0.1, 0.15) is 35.3 Å². The molecule has 3 unspecified atom stereocenters. The summed E-state index contributed by atoms with van der Waals surface area (Å²) in [6.07, 6.45) is -1.72. The highest BCUT2D eigenvalue weighted by molar-refractivity contribution is 8.77. The summed E-state index contributed by atoms with van der Waals surface area (Å²) >= 11 is 0. The van der Waals surface area contributed by atoms with Crippen molar-refractivity contribution < 1.29 is 65.8 Å². The second-order valence-electron chi connectivity index (χ2n) is 13.2. The van der Waals surface area contributed by atoms with Crippen LogP contribution < -0.4 is 22.3 Å². The number of amides is 1. The molecule has 0 aliphatic carbocycles. The number of nitrogens with two attached hydrogens (primary N) is 1. The van der Waals surface area contributed by atoms with Crippen LogP contribution in [0.3, 0.4) is 0 Å². The van der Waals surface area contributed by atoms with Crippen molar-refractivity contribution in [1.82, 2.24) is 14.9 Å². The number of phosphoric ester groups is 1. The molecule has 2 aromatic carbocycles. The maximum atomic E-state index is 12.9. The number of rotatable bonds is 18. The van der Waals surface area contributed by atoms with Gasteiger partial charge in [0.15, 0.2) is 0 Å². The summed E-state index contributed by atoms with van der Waals surface area (Å²) in [6, 6.07) is 11.0. The number of H-pyrrole nitrogens is 1. The van der Waals surface area contributed by atoms with Crippen LogP contribution in [0, 0.1) is 11.8 Å². The maximum Gasteiger partial charge on any atom is 0.490 e. The van der Waals surface area contributed by atoms with Crippen molar-refractivity contribution in [2.24, 2.45) is 16.0 Å². The summed E-state index contributed by atoms with van der Waals surface area (Å²) in [6.45, 7) is 5.27. The Labute approximate surface area is 344 Å². The Balaban J connectivity index is 1.41. The number of phosphoric acid groups is 3. The first-order valence-electron chi connectivity index (χ1n) is 17.1. The molecule has 0 spiro atoms. The molecule has 0 saturated carbocycles. The molecule has 1 fully saturated rings. The van der Waals surface area contributed by atoms with Crippen LogP contribution in [0.15, 0.2) is 68.5 Å². The molecule has 1 aliphatic heterocycles. The van der Waals surface area contributed by atoms with Crippen molar-refractivity contribution in [2.75, 3.05) is 25.6 Å². The van der Waals surface area contributed by atoms with E-state index < -0.39 is 65.7 Å². The quantitative estimate of drug-likeness (QED) is 0.0222. The minimum Gasteiger partial charge on any atom is -0.506 e. The number of carbonyl (C=O) groups excluding carboxylic acids is 1. The van der Waals surface area contributed by atoms with Crippen molar-refractivity contribution >= 4 is 62.3 Å². The molecule has 0 radical (unpaired) electrons. The summed E-state index contributed by atoms with van der Waals surface area (Å²) in [4.78, 5) is 77.4. The highest BCUT2D eigenvalue weighted by atomic mass is 33.1. The Hall–Kier alpha value is -3.46. The van der Waals surface area contributed by atoms with Crippen LogP contribution in [-0.4, -0.2) is 82.7 Å². The summed E-state index contributed by atoms with van der Waals surface area (Å²) < 4.78 is 60.0. The zero-order valence-corrected chi connectivity index (χ0v) is 35.7. The van der Waals surface area contributed by atoms with E-state index in [2.05, 4.69) is 41.0 Å². The standard InChI is InChI=1S/C32H41N6O16P3S2/c1-32(2,3)59-58-19-50-26-16-28(52-27(26)18-51-56(46,47)54-57(48,49)53-55(43,44)45)38-17-22(30(41)35-31(38)42)5-4-14-34-29(40)21-7-9-23(10-8-21)36-37-24-15-20(12-13-33)6-11-25(24)39/h6-11,15,17,26-28,39H,12-14,16,18-19,33H2,1-3H3,(H,34,40)(H,46,47)(H,48,49)(H,35,41,42)(H2,43,44,45)/b37-36+/t26?,27-,28-/m1/s1. The van der Waals surface area contributed by atoms with E-state index in [4.69, 9.17) is 29.5 Å². The number of aromatic amines is 1. The van der Waals surface area contributed by atoms with Gasteiger partial charge in [-0.05, 0) is 54.9 Å². The summed E-state index contributed by atoms with van der Waals surface area (Å²) in [5.74, 6) is 4.74. The van der Waals surface area contributed by atoms with Crippen LogP contribution in [-0.2, 0) is 42.7 Å². The van der Waals surface area contributed by atoms with Gasteiger partial charge in [-0.3, -0.25) is 23.7 Å². The van der Waals surface area contributed by atoms with Gasteiger partial charge in [0.2, 0.25) is 0 Å². The van der Waals surface area contributed by atoms with E-state index in [-0.39, 0.29) is 46.2 Å². The fourth-order valence-electron chi connectivity index (χ4n) is 4.90. The largest absolute Gasteiger partial charge is 0.506 e. The molecular weight excluding hydrogens is 881 g/mol. The van der Waals surface area contributed by atoms with Crippen LogP contribution in [0.1, 0.15) is 54.9 Å². The third-order valence-corrected chi connectivity index (χ3v) is 14.1. The molecule has 4 rings (SSSR count). The van der Waals surface area contributed by atoms with Crippen LogP contribution >= 0.6 is 45.1 Å². The third kappa shape index (κ3) is 16.2. The van der Waals surface area contributed by atoms with Gasteiger partial charge in [0.05, 0.1) is 24.9 Å². The van der Waals surface area contributed by atoms with Gasteiger partial charge in [-0.25, -0.2) is 18.5 Å². The number of phenols is 1. The zero-order chi connectivity index (χ0) is 43.6. The van der Waals surface area contributed by atoms with Crippen LogP contribution in [0.2, 0.25) is 0 Å². The van der Waals surface area contributed by atoms with Gasteiger partial charge in [-0.1, -0.05) is 60.3 Å². The Morgan fingerprint density at radius 2 is 1.78 bits per heavy atom. The lowest BCUT2D eigenvalue weighted by molar-refractivity contribution is -0.0543. The zero-order valence-electron chi connectivity index (χ0n) is 31.4. The molecule has 59 heavy (non-hydrogen) atoms. The number of nitrogens with one attached hydrogen (secondary N) is 2. The SMILES string of the molecule is CC(C)(C)SSCOC1C[C@H](n2cc(C#CCNC(=O)c3ccc(/N=N/c4cc(CCN)ccc4O)cc3)c(=O)[nH]c2=O)O[C@@H]1COP(=O)(O)OP(=O)(O)OP(=O)(O)O. The number of carbonyl (C=O) groups is 1. The molecule has 1 saturated heterocycles. The van der Waals surface area contributed by atoms with Gasteiger partial charge in [0.25, 0.3) is 11.5 Å². The maximum absolute atomic E-state index is 12.9. The fraction of sp³-hybridized carbons (Fsp3) is 0.406. The van der Waals surface area contributed by atoms with E-state index in [1.54, 1.807) is 24.3 Å². The summed E-state index contributed by atoms with van der Waals surface area (Å²) in [5, 5.41) is 20.8. The molecule has 9 N–H and O–H groups in total. The number of azo groups is 1. The first-order valence-corrected chi connectivity index (χ1v) is 23.9. The van der Waals surface area contributed by atoms with Crippen molar-refractivity contribution in [2.45, 2.75) is 56.8 Å². The highest BCUT2D eigenvalue weighted by Crippen LogP contribution is 2.66. The van der Waals surface area contributed by atoms with E-state index >= 15 is 0 Å². The average Bonchev–Trinajstić information content (AvgIpc) is 3.53. The normalized spacial score (nSPS) is 19.2. The molecule has 0 bridgehead atoms.